The van der Waals surface area contributed by atoms with Crippen LogP contribution in [0.25, 0.3) is 0 Å². The van der Waals surface area contributed by atoms with Gasteiger partial charge in [-0.3, -0.25) is 9.69 Å². The molecule has 18 heavy (non-hydrogen) atoms. The summed E-state index contributed by atoms with van der Waals surface area (Å²) >= 11 is 0. The highest BCUT2D eigenvalue weighted by molar-refractivity contribution is 5.76. The fraction of sp³-hybridized carbons (Fsp3) is 0.750. The molecule has 1 aliphatic heterocycles. The van der Waals surface area contributed by atoms with Crippen LogP contribution in [0, 0.1) is 16.9 Å². The standard InChI is InChI=1S/C12H18N2O4/c1-12(2,11(17)18-3)6-8-4-5-9(10(15)16)14(8)7-13/h8-9H,4-6H2,1-3H3,(H,15,16). The lowest BCUT2D eigenvalue weighted by atomic mass is 9.85. The van der Waals surface area contributed by atoms with Crippen molar-refractivity contribution in [2.24, 2.45) is 5.41 Å². The van der Waals surface area contributed by atoms with Gasteiger partial charge < -0.3 is 9.84 Å². The Morgan fingerprint density at radius 1 is 1.50 bits per heavy atom. The van der Waals surface area contributed by atoms with Crippen LogP contribution in [0.3, 0.4) is 0 Å². The topological polar surface area (TPSA) is 90.6 Å². The van der Waals surface area contributed by atoms with Crippen molar-refractivity contribution in [2.45, 2.75) is 45.2 Å². The fourth-order valence-electron chi connectivity index (χ4n) is 2.43. The molecule has 6 nitrogen and oxygen atoms in total. The van der Waals surface area contributed by atoms with Crippen LogP contribution < -0.4 is 0 Å². The van der Waals surface area contributed by atoms with Gasteiger partial charge in [-0.15, -0.1) is 0 Å². The quantitative estimate of drug-likeness (QED) is 0.594. The van der Waals surface area contributed by atoms with Gasteiger partial charge in [0.1, 0.15) is 6.04 Å². The van der Waals surface area contributed by atoms with Gasteiger partial charge in [-0.1, -0.05) is 0 Å². The van der Waals surface area contributed by atoms with Crippen LogP contribution in [0.4, 0.5) is 0 Å². The number of nitriles is 1. The van der Waals surface area contributed by atoms with Crippen molar-refractivity contribution in [3.8, 4) is 6.19 Å². The molecule has 0 amide bonds. The zero-order chi connectivity index (χ0) is 13.9. The molecule has 0 saturated carbocycles. The maximum absolute atomic E-state index is 11.6. The van der Waals surface area contributed by atoms with E-state index in [0.29, 0.717) is 19.3 Å². The van der Waals surface area contributed by atoms with E-state index in [4.69, 9.17) is 15.1 Å². The average Bonchev–Trinajstić information content (AvgIpc) is 2.69. The predicted molar refractivity (Wildman–Crippen MR) is 62.3 cm³/mol. The molecule has 100 valence electrons. The predicted octanol–water partition coefficient (Wildman–Crippen LogP) is 0.974. The third kappa shape index (κ3) is 2.73. The number of likely N-dealkylation sites (tertiary alicyclic amines) is 1. The van der Waals surface area contributed by atoms with E-state index in [2.05, 4.69) is 0 Å². The van der Waals surface area contributed by atoms with E-state index in [0.717, 1.165) is 0 Å². The Hall–Kier alpha value is -1.77. The first-order valence-electron chi connectivity index (χ1n) is 5.82. The van der Waals surface area contributed by atoms with E-state index in [1.54, 1.807) is 13.8 Å². The summed E-state index contributed by atoms with van der Waals surface area (Å²) in [5.74, 6) is -1.34. The zero-order valence-electron chi connectivity index (χ0n) is 10.8. The number of ether oxygens (including phenoxy) is 1. The molecule has 0 spiro atoms. The van der Waals surface area contributed by atoms with Gasteiger partial charge in [0.15, 0.2) is 6.19 Å². The minimum absolute atomic E-state index is 0.217. The molecule has 2 atom stereocenters. The largest absolute Gasteiger partial charge is 0.480 e. The number of carboxylic acids is 1. The molecule has 1 rings (SSSR count). The third-order valence-electron chi connectivity index (χ3n) is 3.39. The van der Waals surface area contributed by atoms with Crippen LogP contribution in [0.1, 0.15) is 33.1 Å². The number of aliphatic carboxylic acids is 1. The van der Waals surface area contributed by atoms with E-state index in [9.17, 15) is 9.59 Å². The lowest BCUT2D eigenvalue weighted by Crippen LogP contribution is -2.40. The molecule has 2 unspecified atom stereocenters. The number of methoxy groups -OCH3 is 1. The molecule has 0 aromatic rings. The van der Waals surface area contributed by atoms with Crippen LogP contribution in [0.2, 0.25) is 0 Å². The van der Waals surface area contributed by atoms with Gasteiger partial charge in [0.05, 0.1) is 12.5 Å². The maximum atomic E-state index is 11.6. The first-order chi connectivity index (χ1) is 8.33. The van der Waals surface area contributed by atoms with Gasteiger partial charge in [-0.2, -0.15) is 5.26 Å². The molecule has 1 heterocycles. The lowest BCUT2D eigenvalue weighted by molar-refractivity contribution is -0.151. The minimum atomic E-state index is -0.991. The summed E-state index contributed by atoms with van der Waals surface area (Å²) in [7, 11) is 1.32. The second-order valence-corrected chi connectivity index (χ2v) is 5.17. The molecule has 0 aromatic heterocycles. The summed E-state index contributed by atoms with van der Waals surface area (Å²) in [5, 5.41) is 18.0. The molecular formula is C12H18N2O4. The molecule has 1 N–H and O–H groups in total. The molecule has 0 radical (unpaired) electrons. The van der Waals surface area contributed by atoms with Gasteiger partial charge >= 0.3 is 11.9 Å². The molecule has 1 saturated heterocycles. The first-order valence-corrected chi connectivity index (χ1v) is 5.82. The van der Waals surface area contributed by atoms with Crippen molar-refractivity contribution in [2.75, 3.05) is 7.11 Å². The van der Waals surface area contributed by atoms with Crippen LogP contribution in [0.5, 0.6) is 0 Å². The Morgan fingerprint density at radius 2 is 2.11 bits per heavy atom. The summed E-state index contributed by atoms with van der Waals surface area (Å²) < 4.78 is 4.71. The van der Waals surface area contributed by atoms with Gasteiger partial charge in [0.2, 0.25) is 0 Å². The third-order valence-corrected chi connectivity index (χ3v) is 3.39. The van der Waals surface area contributed by atoms with Gasteiger partial charge in [0.25, 0.3) is 0 Å². The summed E-state index contributed by atoms with van der Waals surface area (Å²) in [4.78, 5) is 23.9. The Balaban J connectivity index is 2.78. The Bertz CT molecular complexity index is 386. The normalized spacial score (nSPS) is 23.6. The number of rotatable bonds is 4. The van der Waals surface area contributed by atoms with E-state index in [1.807, 2.05) is 6.19 Å². The monoisotopic (exact) mass is 254 g/mol. The molecule has 0 aliphatic carbocycles. The van der Waals surface area contributed by atoms with E-state index in [1.165, 1.54) is 12.0 Å². The van der Waals surface area contributed by atoms with Crippen molar-refractivity contribution >= 4 is 11.9 Å². The molecule has 1 fully saturated rings. The highest BCUT2D eigenvalue weighted by Crippen LogP contribution is 2.33. The summed E-state index contributed by atoms with van der Waals surface area (Å²) in [6.45, 7) is 3.48. The molecule has 0 bridgehead atoms. The number of hydrogen-bond donors (Lipinski definition) is 1. The summed E-state index contributed by atoms with van der Waals surface area (Å²) in [6, 6.07) is -0.987. The van der Waals surface area contributed by atoms with Crippen LogP contribution in [0.15, 0.2) is 0 Å². The number of hydrogen-bond acceptors (Lipinski definition) is 5. The smallest absolute Gasteiger partial charge is 0.327 e. The second-order valence-electron chi connectivity index (χ2n) is 5.17. The van der Waals surface area contributed by atoms with E-state index >= 15 is 0 Å². The Kier molecular flexibility index (Phi) is 4.17. The zero-order valence-corrected chi connectivity index (χ0v) is 10.8. The minimum Gasteiger partial charge on any atom is -0.480 e. The van der Waals surface area contributed by atoms with Crippen molar-refractivity contribution < 1.29 is 19.4 Å². The van der Waals surface area contributed by atoms with Crippen molar-refractivity contribution in [3.63, 3.8) is 0 Å². The first kappa shape index (κ1) is 14.3. The molecular weight excluding hydrogens is 236 g/mol. The molecule has 6 heteroatoms. The van der Waals surface area contributed by atoms with Crippen LogP contribution >= 0.6 is 0 Å². The van der Waals surface area contributed by atoms with E-state index < -0.39 is 17.4 Å². The number of nitrogens with zero attached hydrogens (tertiary/aromatic N) is 2. The highest BCUT2D eigenvalue weighted by Gasteiger charge is 2.42. The molecule has 1 aliphatic rings. The SMILES string of the molecule is COC(=O)C(C)(C)CC1CCC(C(=O)O)N1C#N. The van der Waals surface area contributed by atoms with Gasteiger partial charge in [-0.05, 0) is 33.1 Å². The maximum Gasteiger partial charge on any atom is 0.327 e. The Morgan fingerprint density at radius 3 is 2.56 bits per heavy atom. The average molecular weight is 254 g/mol. The lowest BCUT2D eigenvalue weighted by Gasteiger charge is -2.29. The fourth-order valence-corrected chi connectivity index (χ4v) is 2.43. The summed E-state index contributed by atoms with van der Waals surface area (Å²) in [5.41, 5.74) is -0.720. The van der Waals surface area contributed by atoms with Gasteiger partial charge in [-0.25, -0.2) is 4.79 Å². The number of esters is 1. The van der Waals surface area contributed by atoms with Crippen molar-refractivity contribution in [3.05, 3.63) is 0 Å². The number of carboxylic acid groups (broad SMARTS) is 1. The van der Waals surface area contributed by atoms with Gasteiger partial charge in [0, 0.05) is 6.04 Å². The van der Waals surface area contributed by atoms with Crippen molar-refractivity contribution in [1.29, 1.82) is 5.26 Å². The number of carbonyl (C=O) groups excluding carboxylic acids is 1. The van der Waals surface area contributed by atoms with Crippen LogP contribution in [-0.2, 0) is 14.3 Å². The van der Waals surface area contributed by atoms with Crippen molar-refractivity contribution in [1.82, 2.24) is 4.90 Å². The highest BCUT2D eigenvalue weighted by atomic mass is 16.5. The summed E-state index contributed by atoms with van der Waals surface area (Å²) in [6.07, 6.45) is 3.38. The second kappa shape index (κ2) is 5.25. The Labute approximate surface area is 106 Å². The van der Waals surface area contributed by atoms with Crippen LogP contribution in [-0.4, -0.2) is 41.1 Å². The number of carbonyl (C=O) groups is 2. The molecule has 0 aromatic carbocycles. The van der Waals surface area contributed by atoms with E-state index in [-0.39, 0.29) is 12.0 Å².